The number of fused-ring (bicyclic) bond motifs is 2. The van der Waals surface area contributed by atoms with Crippen LogP contribution in [-0.4, -0.2) is 130 Å². The summed E-state index contributed by atoms with van der Waals surface area (Å²) in [4.78, 5) is 72.7. The molecular formula is C78H78F4O20S5. The van der Waals surface area contributed by atoms with Crippen LogP contribution < -0.4 is 0 Å². The van der Waals surface area contributed by atoms with Gasteiger partial charge in [-0.05, 0) is 192 Å². The molecule has 14 fully saturated rings. The van der Waals surface area contributed by atoms with Crippen LogP contribution in [-0.2, 0) is 109 Å². The Bertz CT molecular complexity index is 4270. The number of benzene rings is 6. The quantitative estimate of drug-likeness (QED) is 0.0193. The number of halogens is 4. The van der Waals surface area contributed by atoms with Gasteiger partial charge in [0.15, 0.2) is 75.0 Å². The van der Waals surface area contributed by atoms with Crippen molar-refractivity contribution in [2.75, 3.05) is 13.2 Å². The molecule has 4 saturated heterocycles. The Morgan fingerprint density at radius 2 is 0.766 bits per heavy atom. The molecule has 10 saturated carbocycles. The highest BCUT2D eigenvalue weighted by atomic mass is 32.2. The van der Waals surface area contributed by atoms with Gasteiger partial charge in [-0.2, -0.15) is 26.0 Å². The number of esters is 5. The number of rotatable bonds is 18. The van der Waals surface area contributed by atoms with Crippen molar-refractivity contribution >= 4 is 82.0 Å². The molecule has 0 radical (unpaired) electrons. The van der Waals surface area contributed by atoms with Crippen LogP contribution in [0.4, 0.5) is 17.6 Å². The molecule has 4 heterocycles. The van der Waals surface area contributed by atoms with Gasteiger partial charge in [-0.25, -0.2) is 16.8 Å². The average Bonchev–Trinajstić information content (AvgIpc) is 1.54. The van der Waals surface area contributed by atoms with E-state index in [0.29, 0.717) is 35.5 Å². The van der Waals surface area contributed by atoms with E-state index >= 15 is 0 Å². The molecule has 6 aromatic carbocycles. The Morgan fingerprint density at radius 1 is 0.449 bits per heavy atom. The summed E-state index contributed by atoms with van der Waals surface area (Å²) in [5.41, 5.74) is -1.24. The van der Waals surface area contributed by atoms with Crippen LogP contribution in [0.5, 0.6) is 0 Å². The van der Waals surface area contributed by atoms with Crippen LogP contribution >= 0.6 is 0 Å². The van der Waals surface area contributed by atoms with Crippen molar-refractivity contribution in [2.45, 2.75) is 165 Å². The van der Waals surface area contributed by atoms with Gasteiger partial charge in [-0.1, -0.05) is 109 Å². The first-order valence-electron chi connectivity index (χ1n) is 36.0. The Kier molecular flexibility index (Phi) is 20.5. The molecular weight excluding hydrogens is 1490 g/mol. The molecule has 0 amide bonds. The molecule has 29 heteroatoms. The van der Waals surface area contributed by atoms with E-state index in [1.165, 1.54) is 29.4 Å². The van der Waals surface area contributed by atoms with Crippen molar-refractivity contribution in [1.29, 1.82) is 0 Å². The number of carbonyl (C=O) groups excluding carboxylic acids is 5. The Hall–Kier alpha value is -7.22. The summed E-state index contributed by atoms with van der Waals surface area (Å²) in [5.74, 6) is -7.10. The molecule has 12 unspecified atom stereocenters. The number of ether oxygens (including phenoxy) is 6. The van der Waals surface area contributed by atoms with Crippen LogP contribution in [0.15, 0.2) is 211 Å². The van der Waals surface area contributed by atoms with Crippen molar-refractivity contribution in [1.82, 2.24) is 0 Å². The smallest absolute Gasteiger partial charge is 0.367 e. The minimum absolute atomic E-state index is 0.0146. The monoisotopic (exact) mass is 1570 g/mol. The molecule has 12 atom stereocenters. The van der Waals surface area contributed by atoms with Gasteiger partial charge in [0.2, 0.25) is 0 Å². The molecule has 10 aliphatic carbocycles. The van der Waals surface area contributed by atoms with E-state index < -0.39 is 166 Å². The summed E-state index contributed by atoms with van der Waals surface area (Å²) < 4.78 is 180. The maximum absolute atomic E-state index is 13.5. The van der Waals surface area contributed by atoms with Gasteiger partial charge in [-0.15, -0.1) is 0 Å². The summed E-state index contributed by atoms with van der Waals surface area (Å²) in [5, 5.41) is -11.1. The third-order valence-corrected chi connectivity index (χ3v) is 31.7. The standard InChI is InChI=1S/C21H26F2O10S2.C21H24F2O10S.2C18H15S/c22-21(23,35(28,29)30)8-31-18(24)14-12-4-13-16(33-34(26,27)17(13)14)15(12)32-19(25)20-5-9-1-10(6-20)3-11(2-9)7-20;22-21(23,34(27,28)29)7-30-17(24)11-12-14-15(32-18(12)25)16(13(11)31-14)33-19(26)20-4-8-1-9(5-20)3-10(2-8)6-20;2*1-4-10-16(11-5-1)19(17-12-6-2-7-13-17)18-14-8-3-9-15-18/h9-17H,1-8H2,(H,28,29,30);8-16H,1-7H2,(H,27,28,29);2*1-15H/q;;2*+1/p-2. The molecule has 0 aromatic heterocycles. The van der Waals surface area contributed by atoms with Crippen LogP contribution in [0.3, 0.4) is 0 Å². The van der Waals surface area contributed by atoms with E-state index in [1.54, 1.807) is 0 Å². The molecule has 20 nitrogen and oxygen atoms in total. The summed E-state index contributed by atoms with van der Waals surface area (Å²) in [7, 11) is -16.5. The fourth-order valence-electron chi connectivity index (χ4n) is 20.2. The first-order chi connectivity index (χ1) is 51.0. The maximum atomic E-state index is 13.5. The van der Waals surface area contributed by atoms with Crippen LogP contribution in [0.25, 0.3) is 0 Å². The van der Waals surface area contributed by atoms with E-state index in [1.807, 2.05) is 0 Å². The zero-order chi connectivity index (χ0) is 75.2. The largest absolute Gasteiger partial charge is 0.743 e. The molecule has 107 heavy (non-hydrogen) atoms. The van der Waals surface area contributed by atoms with E-state index in [9.17, 15) is 75.9 Å². The predicted molar refractivity (Wildman–Crippen MR) is 373 cm³/mol. The molecule has 568 valence electrons. The van der Waals surface area contributed by atoms with E-state index in [-0.39, 0.29) is 28.2 Å². The Morgan fingerprint density at radius 3 is 1.09 bits per heavy atom. The summed E-state index contributed by atoms with van der Waals surface area (Å²) >= 11 is 0. The molecule has 20 rings (SSSR count). The van der Waals surface area contributed by atoms with Gasteiger partial charge < -0.3 is 37.5 Å². The van der Waals surface area contributed by atoms with Crippen LogP contribution in [0.1, 0.15) is 83.5 Å². The lowest BCUT2D eigenvalue weighted by Crippen LogP contribution is -2.54. The Labute approximate surface area is 623 Å². The highest BCUT2D eigenvalue weighted by Crippen LogP contribution is 2.64. The average molecular weight is 1570 g/mol. The van der Waals surface area contributed by atoms with Crippen molar-refractivity contribution in [3.8, 4) is 0 Å². The van der Waals surface area contributed by atoms with Crippen molar-refractivity contribution in [3.63, 3.8) is 0 Å². The van der Waals surface area contributed by atoms with E-state index in [0.717, 1.165) is 77.0 Å². The van der Waals surface area contributed by atoms with Gasteiger partial charge in [0.25, 0.3) is 10.1 Å². The summed E-state index contributed by atoms with van der Waals surface area (Å²) in [6.45, 7) is -4.02. The molecule has 14 aliphatic rings. The lowest BCUT2D eigenvalue weighted by Gasteiger charge is -2.55. The van der Waals surface area contributed by atoms with E-state index in [2.05, 4.69) is 191 Å². The maximum Gasteiger partial charge on any atom is 0.367 e. The number of hydrogen-bond acceptors (Lipinski definition) is 20. The first-order valence-corrected chi connectivity index (χ1v) is 42.7. The second kappa shape index (κ2) is 29.2. The fourth-order valence-corrected chi connectivity index (χ4v) is 26.9. The highest BCUT2D eigenvalue weighted by molar-refractivity contribution is 7.97. The van der Waals surface area contributed by atoms with Gasteiger partial charge in [-0.3, -0.25) is 28.2 Å². The fraction of sp³-hybridized carbons (Fsp3) is 0.474. The Balaban J connectivity index is 0.000000119. The molecule has 0 spiro atoms. The zero-order valence-corrected chi connectivity index (χ0v) is 61.6. The topological polar surface area (TPSA) is 298 Å². The van der Waals surface area contributed by atoms with E-state index in [4.69, 9.17) is 23.1 Å². The van der Waals surface area contributed by atoms with Gasteiger partial charge in [0.1, 0.15) is 41.5 Å². The third-order valence-electron chi connectivity index (χ3n) is 23.8. The number of carbonyl (C=O) groups is 5. The summed E-state index contributed by atoms with van der Waals surface area (Å²) in [6, 6.07) is 64.3. The molecule has 4 aliphatic heterocycles. The SMILES string of the molecule is O=C(OCC(F)(F)S(=O)(=O)[O-])C1C2CC3C(OS(=O)(=O)C31)C2OC(=O)C12CC3CC(CC(C3)C1)C2.O=C1OC2C(OC(=O)C34CC5CC(CC(C5)C3)C4)C3OC2C1C3C(=O)OCC(F)(F)S(=O)(=O)[O-].c1ccc([S+](c2ccccc2)c2ccccc2)cc1.c1ccc([S+](c2ccccc2)c2ccccc2)cc1. The normalized spacial score (nSPS) is 33.6. The van der Waals surface area contributed by atoms with Crippen molar-refractivity contribution in [2.24, 2.45) is 75.9 Å². The van der Waals surface area contributed by atoms with Crippen LogP contribution in [0, 0.1) is 75.9 Å². The molecule has 6 aromatic rings. The van der Waals surface area contributed by atoms with Crippen LogP contribution in [0.2, 0.25) is 0 Å². The number of alkyl halides is 4. The van der Waals surface area contributed by atoms with Gasteiger partial charge >= 0.3 is 40.4 Å². The lowest BCUT2D eigenvalue weighted by atomic mass is 9.49. The van der Waals surface area contributed by atoms with Gasteiger partial charge in [0, 0.05) is 11.8 Å². The number of hydrogen-bond donors (Lipinski definition) is 0. The first kappa shape index (κ1) is 75.2. The summed E-state index contributed by atoms with van der Waals surface area (Å²) in [6.07, 6.45) is 5.06. The predicted octanol–water partition coefficient (Wildman–Crippen LogP) is 11.5. The van der Waals surface area contributed by atoms with Gasteiger partial charge in [0.05, 0.1) is 38.5 Å². The second-order valence-electron chi connectivity index (χ2n) is 30.7. The third kappa shape index (κ3) is 14.6. The van der Waals surface area contributed by atoms with Crippen molar-refractivity contribution in [3.05, 3.63) is 182 Å². The minimum Gasteiger partial charge on any atom is -0.743 e. The zero-order valence-electron chi connectivity index (χ0n) is 57.5. The minimum atomic E-state index is -6.09. The van der Waals surface area contributed by atoms with Crippen molar-refractivity contribution < 1.29 is 108 Å². The highest BCUT2D eigenvalue weighted by Gasteiger charge is 2.74. The second-order valence-corrected chi connectivity index (χ2v) is 39.4. The lowest BCUT2D eigenvalue weighted by molar-refractivity contribution is -0.186. The molecule has 0 N–H and O–H groups in total. The molecule has 12 bridgehead atoms.